The zero-order valence-corrected chi connectivity index (χ0v) is 7.83. The van der Waals surface area contributed by atoms with Crippen LogP contribution in [0.15, 0.2) is 24.3 Å². The highest BCUT2D eigenvalue weighted by atomic mass is 15.6. The first-order valence-corrected chi connectivity index (χ1v) is 4.26. The molecule has 0 radical (unpaired) electrons. The van der Waals surface area contributed by atoms with Gasteiger partial charge in [0, 0.05) is 18.8 Å². The molecule has 0 aliphatic rings. The summed E-state index contributed by atoms with van der Waals surface area (Å²) in [4.78, 5) is 0. The summed E-state index contributed by atoms with van der Waals surface area (Å²) in [5.74, 6) is 10.5. The van der Waals surface area contributed by atoms with Crippen molar-refractivity contribution in [1.82, 2.24) is 5.12 Å². The Balaban J connectivity index is 2.41. The molecular weight excluding hydrogens is 164 g/mol. The van der Waals surface area contributed by atoms with Crippen LogP contribution in [0.25, 0.3) is 0 Å². The van der Waals surface area contributed by atoms with Gasteiger partial charge in [0.25, 0.3) is 0 Å². The zero-order valence-electron chi connectivity index (χ0n) is 7.83. The lowest BCUT2D eigenvalue weighted by atomic mass is 10.2. The lowest BCUT2D eigenvalue weighted by molar-refractivity contribution is 0.306. The average molecular weight is 180 g/mol. The highest BCUT2D eigenvalue weighted by Gasteiger charge is 1.95. The van der Waals surface area contributed by atoms with Crippen molar-refractivity contribution in [3.63, 3.8) is 0 Å². The van der Waals surface area contributed by atoms with Gasteiger partial charge in [0.2, 0.25) is 0 Å². The highest BCUT2D eigenvalue weighted by molar-refractivity contribution is 5.50. The van der Waals surface area contributed by atoms with Crippen molar-refractivity contribution in [2.24, 2.45) is 11.7 Å². The maximum absolute atomic E-state index is 5.27. The molecule has 0 bridgehead atoms. The Morgan fingerprint density at radius 3 is 2.62 bits per heavy atom. The van der Waals surface area contributed by atoms with Crippen molar-refractivity contribution in [2.45, 2.75) is 6.92 Å². The van der Waals surface area contributed by atoms with Crippen LogP contribution in [-0.4, -0.2) is 18.2 Å². The fourth-order valence-corrected chi connectivity index (χ4v) is 1.09. The maximum Gasteiger partial charge on any atom is 0.0456 e. The number of hydrazine groups is 2. The van der Waals surface area contributed by atoms with Crippen molar-refractivity contribution in [3.8, 4) is 0 Å². The molecule has 5 N–H and O–H groups in total. The van der Waals surface area contributed by atoms with E-state index in [4.69, 9.17) is 11.7 Å². The summed E-state index contributed by atoms with van der Waals surface area (Å²) in [5.41, 5.74) is 2.35. The first-order chi connectivity index (χ1) is 6.20. The molecule has 0 fully saturated rings. The number of para-hydroxylation sites is 1. The monoisotopic (exact) mass is 180 g/mol. The van der Waals surface area contributed by atoms with Crippen molar-refractivity contribution in [1.29, 1.82) is 0 Å². The Morgan fingerprint density at radius 2 is 2.00 bits per heavy atom. The molecule has 0 amide bonds. The summed E-state index contributed by atoms with van der Waals surface area (Å²) < 4.78 is 0. The number of hydrogen-bond donors (Lipinski definition) is 3. The Hall–Kier alpha value is -1.10. The highest BCUT2D eigenvalue weighted by Crippen LogP contribution is 2.11. The Morgan fingerprint density at radius 1 is 1.31 bits per heavy atom. The molecule has 0 saturated carbocycles. The quantitative estimate of drug-likeness (QED) is 0.465. The third-order valence-corrected chi connectivity index (χ3v) is 1.83. The second-order valence-corrected chi connectivity index (χ2v) is 2.98. The molecule has 0 heterocycles. The van der Waals surface area contributed by atoms with Gasteiger partial charge in [0.1, 0.15) is 0 Å². The summed E-state index contributed by atoms with van der Waals surface area (Å²) in [7, 11) is 0. The van der Waals surface area contributed by atoms with Crippen LogP contribution in [-0.2, 0) is 0 Å². The Labute approximate surface area is 78.5 Å². The summed E-state index contributed by atoms with van der Waals surface area (Å²) in [6.07, 6.45) is 0. The van der Waals surface area contributed by atoms with Crippen LogP contribution in [0.2, 0.25) is 0 Å². The molecular formula is C9H16N4. The molecule has 0 aromatic heterocycles. The van der Waals surface area contributed by atoms with Gasteiger partial charge >= 0.3 is 0 Å². The predicted molar refractivity (Wildman–Crippen MR) is 54.7 cm³/mol. The summed E-state index contributed by atoms with van der Waals surface area (Å²) in [6.45, 7) is 3.43. The van der Waals surface area contributed by atoms with Crippen LogP contribution in [0.4, 0.5) is 5.69 Å². The topological polar surface area (TPSA) is 67.3 Å². The molecule has 0 saturated heterocycles. The van der Waals surface area contributed by atoms with Crippen LogP contribution in [0.5, 0.6) is 0 Å². The van der Waals surface area contributed by atoms with E-state index in [9.17, 15) is 0 Å². The number of rotatable bonds is 4. The molecule has 1 aromatic rings. The van der Waals surface area contributed by atoms with E-state index in [1.807, 2.05) is 18.2 Å². The Kier molecular flexibility index (Phi) is 3.70. The number of nitrogens with two attached hydrogens (primary N) is 2. The van der Waals surface area contributed by atoms with Crippen LogP contribution in [0.1, 0.15) is 5.56 Å². The van der Waals surface area contributed by atoms with Gasteiger partial charge in [-0.2, -0.15) is 5.12 Å². The molecule has 13 heavy (non-hydrogen) atoms. The van der Waals surface area contributed by atoms with Gasteiger partial charge in [0.05, 0.1) is 0 Å². The molecule has 0 aliphatic heterocycles. The van der Waals surface area contributed by atoms with Gasteiger partial charge in [-0.25, -0.2) is 0 Å². The van der Waals surface area contributed by atoms with Gasteiger partial charge < -0.3 is 5.32 Å². The van der Waals surface area contributed by atoms with E-state index in [0.29, 0.717) is 6.54 Å². The van der Waals surface area contributed by atoms with Crippen LogP contribution in [0, 0.1) is 6.92 Å². The van der Waals surface area contributed by atoms with E-state index >= 15 is 0 Å². The molecule has 1 aromatic carbocycles. The van der Waals surface area contributed by atoms with E-state index in [2.05, 4.69) is 18.3 Å². The minimum Gasteiger partial charge on any atom is -0.383 e. The normalized spacial score (nSPS) is 10.5. The SMILES string of the molecule is Cc1ccccc1NCCN(N)N. The Bertz CT molecular complexity index is 260. The molecule has 1 rings (SSSR count). The standard InChI is InChI=1S/C9H16N4/c1-8-4-2-3-5-9(8)12-6-7-13(10)11/h2-5,12H,6-7,10-11H2,1H3. The summed E-state index contributed by atoms with van der Waals surface area (Å²) in [5, 5.41) is 4.41. The lowest BCUT2D eigenvalue weighted by Gasteiger charge is -2.12. The number of hydrogen-bond acceptors (Lipinski definition) is 4. The average Bonchev–Trinajstić information content (AvgIpc) is 2.08. The predicted octanol–water partition coefficient (Wildman–Crippen LogP) is 0.456. The second-order valence-electron chi connectivity index (χ2n) is 2.98. The third kappa shape index (κ3) is 3.42. The van der Waals surface area contributed by atoms with Crippen LogP contribution >= 0.6 is 0 Å². The number of aryl methyl sites for hydroxylation is 1. The van der Waals surface area contributed by atoms with Gasteiger partial charge in [-0.1, -0.05) is 18.2 Å². The summed E-state index contributed by atoms with van der Waals surface area (Å²) >= 11 is 0. The van der Waals surface area contributed by atoms with Crippen molar-refractivity contribution < 1.29 is 0 Å². The molecule has 0 atom stereocenters. The van der Waals surface area contributed by atoms with E-state index in [1.165, 1.54) is 10.7 Å². The molecule has 4 heteroatoms. The minimum atomic E-state index is 0.619. The maximum atomic E-state index is 5.27. The van der Waals surface area contributed by atoms with E-state index in [1.54, 1.807) is 0 Å². The van der Waals surface area contributed by atoms with Crippen LogP contribution in [0.3, 0.4) is 0 Å². The zero-order chi connectivity index (χ0) is 9.68. The number of benzene rings is 1. The third-order valence-electron chi connectivity index (χ3n) is 1.83. The van der Waals surface area contributed by atoms with Crippen molar-refractivity contribution >= 4 is 5.69 Å². The fraction of sp³-hybridized carbons (Fsp3) is 0.333. The summed E-state index contributed by atoms with van der Waals surface area (Å²) in [6, 6.07) is 8.11. The van der Waals surface area contributed by atoms with Gasteiger partial charge in [-0.05, 0) is 18.6 Å². The minimum absolute atomic E-state index is 0.619. The molecule has 0 spiro atoms. The number of nitrogens with zero attached hydrogens (tertiary/aromatic N) is 1. The smallest absolute Gasteiger partial charge is 0.0456 e. The van der Waals surface area contributed by atoms with Crippen molar-refractivity contribution in [3.05, 3.63) is 29.8 Å². The fourth-order valence-electron chi connectivity index (χ4n) is 1.09. The molecule has 0 unspecified atom stereocenters. The van der Waals surface area contributed by atoms with Crippen molar-refractivity contribution in [2.75, 3.05) is 18.4 Å². The van der Waals surface area contributed by atoms with Gasteiger partial charge in [0.15, 0.2) is 0 Å². The van der Waals surface area contributed by atoms with Gasteiger partial charge in [-0.3, -0.25) is 11.7 Å². The largest absolute Gasteiger partial charge is 0.383 e. The van der Waals surface area contributed by atoms with Crippen LogP contribution < -0.4 is 17.0 Å². The van der Waals surface area contributed by atoms with Gasteiger partial charge in [-0.15, -0.1) is 0 Å². The number of nitrogens with one attached hydrogen (secondary N) is 1. The van der Waals surface area contributed by atoms with E-state index in [-0.39, 0.29) is 0 Å². The molecule has 72 valence electrons. The first kappa shape index (κ1) is 9.98. The number of anilines is 1. The molecule has 4 nitrogen and oxygen atoms in total. The van der Waals surface area contributed by atoms with E-state index in [0.717, 1.165) is 12.2 Å². The lowest BCUT2D eigenvalue weighted by Crippen LogP contribution is -2.41. The van der Waals surface area contributed by atoms with E-state index < -0.39 is 0 Å². The molecule has 0 aliphatic carbocycles. The first-order valence-electron chi connectivity index (χ1n) is 4.26. The second kappa shape index (κ2) is 4.81.